The van der Waals surface area contributed by atoms with Crippen molar-refractivity contribution in [3.05, 3.63) is 84.2 Å². The summed E-state index contributed by atoms with van der Waals surface area (Å²) in [5, 5.41) is 21.6. The molecule has 2 heterocycles. The molecule has 3 N–H and O–H groups in total. The number of rotatable bonds is 6. The van der Waals surface area contributed by atoms with Crippen LogP contribution in [0.2, 0.25) is 0 Å². The molecule has 4 rings (SSSR count). The molecule has 152 valence electrons. The molecule has 7 nitrogen and oxygen atoms in total. The van der Waals surface area contributed by atoms with Crippen LogP contribution in [0.5, 0.6) is 0 Å². The predicted octanol–water partition coefficient (Wildman–Crippen LogP) is 3.56. The normalized spacial score (nSPS) is 11.7. The Balaban J connectivity index is 0.000000275. The van der Waals surface area contributed by atoms with E-state index in [0.717, 1.165) is 30.9 Å². The molecule has 0 fully saturated rings. The largest absolute Gasteiger partial charge is 0.478 e. The van der Waals surface area contributed by atoms with Crippen LogP contribution in [0, 0.1) is 0 Å². The first-order valence-corrected chi connectivity index (χ1v) is 9.42. The lowest BCUT2D eigenvalue weighted by atomic mass is 10.0. The van der Waals surface area contributed by atoms with E-state index in [1.54, 1.807) is 0 Å². The highest BCUT2D eigenvalue weighted by atomic mass is 16.4. The summed E-state index contributed by atoms with van der Waals surface area (Å²) in [4.78, 5) is 28.0. The van der Waals surface area contributed by atoms with Crippen LogP contribution in [0.15, 0.2) is 78.1 Å². The second-order valence-electron chi connectivity index (χ2n) is 6.54. The molecule has 2 aromatic carbocycles. The second kappa shape index (κ2) is 9.97. The number of carboxylic acid groups (broad SMARTS) is 2. The van der Waals surface area contributed by atoms with E-state index < -0.39 is 11.9 Å². The molecule has 0 amide bonds. The number of nitrogens with zero attached hydrogens (tertiary/aromatic N) is 2. The number of nitrogens with one attached hydrogen (secondary N) is 1. The monoisotopic (exact) mass is 403 g/mol. The van der Waals surface area contributed by atoms with Gasteiger partial charge in [-0.3, -0.25) is 4.98 Å². The molecule has 0 atom stereocenters. The van der Waals surface area contributed by atoms with Gasteiger partial charge in [0.2, 0.25) is 0 Å². The predicted molar refractivity (Wildman–Crippen MR) is 115 cm³/mol. The Bertz CT molecular complexity index is 1090. The number of carboxylic acids is 2. The summed E-state index contributed by atoms with van der Waals surface area (Å²) in [6.45, 7) is 0.915. The molecule has 1 aliphatic heterocycles. The molecule has 30 heavy (non-hydrogen) atoms. The van der Waals surface area contributed by atoms with Crippen LogP contribution < -0.4 is 5.32 Å². The van der Waals surface area contributed by atoms with Crippen molar-refractivity contribution in [1.82, 2.24) is 10.3 Å². The molecule has 1 aromatic heterocycles. The maximum absolute atomic E-state index is 9.55. The fourth-order valence-electron chi connectivity index (χ4n) is 3.12. The number of carbonyl (C=O) groups is 2. The number of aliphatic carboxylic acids is 2. The Morgan fingerprint density at radius 2 is 1.70 bits per heavy atom. The average Bonchev–Trinajstić information content (AvgIpc) is 3.11. The lowest BCUT2D eigenvalue weighted by molar-refractivity contribution is -0.134. The molecule has 7 heteroatoms. The smallest absolute Gasteiger partial charge is 0.328 e. The highest BCUT2D eigenvalue weighted by Gasteiger charge is 2.17. The zero-order chi connectivity index (χ0) is 21.3. The summed E-state index contributed by atoms with van der Waals surface area (Å²) in [5.74, 6) is -1.52. The summed E-state index contributed by atoms with van der Waals surface area (Å²) >= 11 is 0. The molecular weight excluding hydrogens is 382 g/mol. The van der Waals surface area contributed by atoms with E-state index in [2.05, 4.69) is 52.8 Å². The van der Waals surface area contributed by atoms with Crippen molar-refractivity contribution >= 4 is 34.2 Å². The SMILES string of the molecule is O=C(O)C=CC(=O)O.c1cncc(CCCNC2=Nc3cccc4cccc2c34)c1. The first-order valence-electron chi connectivity index (χ1n) is 9.42. The molecule has 1 aliphatic rings. The lowest BCUT2D eigenvalue weighted by Gasteiger charge is -2.07. The van der Waals surface area contributed by atoms with Gasteiger partial charge < -0.3 is 15.5 Å². The van der Waals surface area contributed by atoms with Gasteiger partial charge in [0.15, 0.2) is 0 Å². The molecule has 0 saturated heterocycles. The number of pyridine rings is 1. The Morgan fingerprint density at radius 3 is 2.37 bits per heavy atom. The van der Waals surface area contributed by atoms with Crippen LogP contribution in [0.1, 0.15) is 17.5 Å². The van der Waals surface area contributed by atoms with Crippen molar-refractivity contribution < 1.29 is 19.8 Å². The summed E-state index contributed by atoms with van der Waals surface area (Å²) in [6, 6.07) is 16.8. The van der Waals surface area contributed by atoms with Crippen LogP contribution in [-0.4, -0.2) is 39.5 Å². The highest BCUT2D eigenvalue weighted by Crippen LogP contribution is 2.34. The number of aromatic nitrogens is 1. The number of amidine groups is 1. The molecular formula is C23H21N3O4. The van der Waals surface area contributed by atoms with Gasteiger partial charge >= 0.3 is 11.9 Å². The van der Waals surface area contributed by atoms with Gasteiger partial charge in [-0.15, -0.1) is 0 Å². The van der Waals surface area contributed by atoms with Crippen LogP contribution in [0.4, 0.5) is 5.69 Å². The van der Waals surface area contributed by atoms with Gasteiger partial charge in [0.1, 0.15) is 5.84 Å². The fraction of sp³-hybridized carbons (Fsp3) is 0.130. The minimum atomic E-state index is -1.26. The van der Waals surface area contributed by atoms with E-state index in [0.29, 0.717) is 12.2 Å². The van der Waals surface area contributed by atoms with Gasteiger partial charge in [0.25, 0.3) is 0 Å². The van der Waals surface area contributed by atoms with Crippen LogP contribution >= 0.6 is 0 Å². The third kappa shape index (κ3) is 5.51. The van der Waals surface area contributed by atoms with Gasteiger partial charge in [-0.05, 0) is 35.9 Å². The zero-order valence-corrected chi connectivity index (χ0v) is 16.2. The summed E-state index contributed by atoms with van der Waals surface area (Å²) in [7, 11) is 0. The van der Waals surface area contributed by atoms with E-state index in [1.807, 2.05) is 18.5 Å². The number of hydrogen-bond donors (Lipinski definition) is 3. The number of hydrogen-bond acceptors (Lipinski definition) is 5. The topological polar surface area (TPSA) is 112 Å². The van der Waals surface area contributed by atoms with Crippen molar-refractivity contribution in [3.63, 3.8) is 0 Å². The van der Waals surface area contributed by atoms with Crippen molar-refractivity contribution in [3.8, 4) is 0 Å². The molecule has 0 aliphatic carbocycles. The first-order chi connectivity index (χ1) is 14.5. The minimum absolute atomic E-state index is 0.558. The molecule has 0 saturated carbocycles. The molecule has 3 aromatic rings. The molecule has 0 radical (unpaired) electrons. The Morgan fingerprint density at radius 1 is 0.967 bits per heavy atom. The number of aliphatic imine (C=N–C) groups is 1. The van der Waals surface area contributed by atoms with E-state index in [4.69, 9.17) is 15.2 Å². The van der Waals surface area contributed by atoms with Crippen LogP contribution in [-0.2, 0) is 16.0 Å². The molecule has 0 spiro atoms. The second-order valence-corrected chi connectivity index (χ2v) is 6.54. The van der Waals surface area contributed by atoms with E-state index in [9.17, 15) is 9.59 Å². The van der Waals surface area contributed by atoms with Gasteiger partial charge in [0.05, 0.1) is 5.69 Å². The van der Waals surface area contributed by atoms with E-state index in [1.165, 1.54) is 21.9 Å². The number of benzene rings is 2. The highest BCUT2D eigenvalue weighted by molar-refractivity contribution is 6.18. The molecule has 0 bridgehead atoms. The zero-order valence-electron chi connectivity index (χ0n) is 16.2. The van der Waals surface area contributed by atoms with Crippen LogP contribution in [0.25, 0.3) is 10.8 Å². The third-order valence-corrected chi connectivity index (χ3v) is 4.40. The van der Waals surface area contributed by atoms with Gasteiger partial charge in [-0.1, -0.05) is 36.4 Å². The van der Waals surface area contributed by atoms with Crippen LogP contribution in [0.3, 0.4) is 0 Å². The van der Waals surface area contributed by atoms with Gasteiger partial charge in [-0.25, -0.2) is 14.6 Å². The quantitative estimate of drug-likeness (QED) is 0.429. The number of aryl methyl sites for hydroxylation is 1. The fourth-order valence-corrected chi connectivity index (χ4v) is 3.12. The van der Waals surface area contributed by atoms with Crippen molar-refractivity contribution in [2.75, 3.05) is 6.54 Å². The summed E-state index contributed by atoms with van der Waals surface area (Å²) in [6.07, 6.45) is 6.96. The third-order valence-electron chi connectivity index (χ3n) is 4.40. The van der Waals surface area contributed by atoms with Gasteiger partial charge in [0, 0.05) is 42.0 Å². The average molecular weight is 403 g/mol. The minimum Gasteiger partial charge on any atom is -0.478 e. The van der Waals surface area contributed by atoms with Gasteiger partial charge in [-0.2, -0.15) is 0 Å². The van der Waals surface area contributed by atoms with Crippen molar-refractivity contribution in [2.24, 2.45) is 4.99 Å². The summed E-state index contributed by atoms with van der Waals surface area (Å²) < 4.78 is 0. The summed E-state index contributed by atoms with van der Waals surface area (Å²) in [5.41, 5.74) is 3.57. The maximum Gasteiger partial charge on any atom is 0.328 e. The van der Waals surface area contributed by atoms with Crippen molar-refractivity contribution in [2.45, 2.75) is 12.8 Å². The Hall–Kier alpha value is -4.00. The van der Waals surface area contributed by atoms with E-state index >= 15 is 0 Å². The van der Waals surface area contributed by atoms with E-state index in [-0.39, 0.29) is 0 Å². The standard InChI is InChI=1S/C19H17N3.C4H4O4/c1-7-15-8-2-10-17-18(15)16(9-1)19(22-17)21-12-4-6-14-5-3-11-20-13-14;5-3(6)1-2-4(7)8/h1-3,5,7-11,13H,4,6,12H2,(H,21,22);1-2H,(H,5,6)(H,7,8). The maximum atomic E-state index is 9.55. The Labute approximate surface area is 173 Å². The van der Waals surface area contributed by atoms with Crippen molar-refractivity contribution in [1.29, 1.82) is 0 Å². The molecule has 0 unspecified atom stereocenters. The lowest BCUT2D eigenvalue weighted by Crippen LogP contribution is -2.24. The first kappa shape index (κ1) is 20.7. The Kier molecular flexibility index (Phi) is 6.89.